The van der Waals surface area contributed by atoms with Crippen molar-refractivity contribution < 1.29 is 14.3 Å². The molecule has 6 nitrogen and oxygen atoms in total. The Kier molecular flexibility index (Phi) is 5.28. The van der Waals surface area contributed by atoms with Gasteiger partial charge in [0.2, 0.25) is 11.8 Å². The lowest BCUT2D eigenvalue weighted by Gasteiger charge is -2.37. The fourth-order valence-electron chi connectivity index (χ4n) is 4.21. The topological polar surface area (TPSA) is 53.1 Å². The summed E-state index contributed by atoms with van der Waals surface area (Å²) >= 11 is 0. The van der Waals surface area contributed by atoms with Crippen LogP contribution in [0, 0.1) is 0 Å². The third-order valence-corrected chi connectivity index (χ3v) is 6.07. The van der Waals surface area contributed by atoms with Gasteiger partial charge < -0.3 is 9.64 Å². The number of ether oxygens (including phenoxy) is 1. The second-order valence-electron chi connectivity index (χ2n) is 7.95. The summed E-state index contributed by atoms with van der Waals surface area (Å²) in [5, 5.41) is 0. The van der Waals surface area contributed by atoms with E-state index in [1.807, 2.05) is 55.5 Å². The number of piperazine rings is 1. The summed E-state index contributed by atoms with van der Waals surface area (Å²) in [6.07, 6.45) is 0.236. The molecule has 0 aliphatic carbocycles. The van der Waals surface area contributed by atoms with Gasteiger partial charge in [-0.25, -0.2) is 0 Å². The third kappa shape index (κ3) is 3.72. The number of likely N-dealkylation sites (tertiary alicyclic amines) is 1. The fourth-order valence-corrected chi connectivity index (χ4v) is 4.21. The van der Waals surface area contributed by atoms with E-state index in [0.29, 0.717) is 6.67 Å². The molecule has 0 aromatic heterocycles. The Labute approximate surface area is 171 Å². The lowest BCUT2D eigenvalue weighted by atomic mass is 9.81. The van der Waals surface area contributed by atoms with E-state index in [0.717, 1.165) is 43.2 Å². The molecule has 2 aromatic carbocycles. The van der Waals surface area contributed by atoms with E-state index >= 15 is 0 Å². The minimum absolute atomic E-state index is 0.0865. The number of methoxy groups -OCH3 is 1. The Balaban J connectivity index is 1.39. The summed E-state index contributed by atoms with van der Waals surface area (Å²) in [4.78, 5) is 31.7. The number of hydrogen-bond acceptors (Lipinski definition) is 5. The van der Waals surface area contributed by atoms with Crippen LogP contribution in [0.2, 0.25) is 0 Å². The number of nitrogens with zero attached hydrogens (tertiary/aromatic N) is 3. The van der Waals surface area contributed by atoms with E-state index in [9.17, 15) is 9.59 Å². The fraction of sp³-hybridized carbons (Fsp3) is 0.391. The summed E-state index contributed by atoms with van der Waals surface area (Å²) in [5.74, 6) is 0.666. The van der Waals surface area contributed by atoms with Gasteiger partial charge in [0.15, 0.2) is 0 Å². The van der Waals surface area contributed by atoms with Gasteiger partial charge >= 0.3 is 0 Å². The largest absolute Gasteiger partial charge is 0.497 e. The molecule has 152 valence electrons. The Bertz CT molecular complexity index is 893. The number of carbonyl (C=O) groups excluding carboxylic acids is 2. The first-order valence-corrected chi connectivity index (χ1v) is 10.0. The van der Waals surface area contributed by atoms with Crippen molar-refractivity contribution in [3.63, 3.8) is 0 Å². The first-order valence-electron chi connectivity index (χ1n) is 10.0. The van der Waals surface area contributed by atoms with Gasteiger partial charge in [-0.05, 0) is 24.6 Å². The van der Waals surface area contributed by atoms with E-state index in [1.54, 1.807) is 7.11 Å². The molecule has 0 spiro atoms. The zero-order chi connectivity index (χ0) is 20.4. The molecule has 0 bridgehead atoms. The van der Waals surface area contributed by atoms with E-state index in [2.05, 4.69) is 15.9 Å². The van der Waals surface area contributed by atoms with Crippen LogP contribution in [-0.4, -0.2) is 61.6 Å². The van der Waals surface area contributed by atoms with E-state index in [-0.39, 0.29) is 18.2 Å². The zero-order valence-electron chi connectivity index (χ0n) is 17.0. The van der Waals surface area contributed by atoms with Crippen LogP contribution in [0.25, 0.3) is 0 Å². The van der Waals surface area contributed by atoms with Crippen molar-refractivity contribution in [2.24, 2.45) is 0 Å². The van der Waals surface area contributed by atoms with Crippen LogP contribution >= 0.6 is 0 Å². The van der Waals surface area contributed by atoms with Crippen LogP contribution in [0.15, 0.2) is 54.6 Å². The van der Waals surface area contributed by atoms with E-state index in [1.165, 1.54) is 4.90 Å². The summed E-state index contributed by atoms with van der Waals surface area (Å²) in [7, 11) is 1.67. The molecule has 2 saturated heterocycles. The first-order chi connectivity index (χ1) is 14.0. The predicted molar refractivity (Wildman–Crippen MR) is 112 cm³/mol. The number of benzene rings is 2. The summed E-state index contributed by atoms with van der Waals surface area (Å²) in [5.41, 5.74) is 1.28. The molecule has 2 aromatic rings. The number of imide groups is 1. The molecule has 2 aliphatic heterocycles. The zero-order valence-corrected chi connectivity index (χ0v) is 17.0. The molecule has 0 N–H and O–H groups in total. The molecular weight excluding hydrogens is 366 g/mol. The average molecular weight is 393 g/mol. The van der Waals surface area contributed by atoms with Crippen LogP contribution in [0.1, 0.15) is 18.9 Å². The minimum atomic E-state index is -0.763. The molecule has 0 radical (unpaired) electrons. The normalized spacial score (nSPS) is 23.0. The Morgan fingerprint density at radius 1 is 0.966 bits per heavy atom. The van der Waals surface area contributed by atoms with Gasteiger partial charge in [0, 0.05) is 44.4 Å². The highest BCUT2D eigenvalue weighted by Gasteiger charge is 2.49. The van der Waals surface area contributed by atoms with Crippen molar-refractivity contribution in [2.75, 3.05) is 44.9 Å². The monoisotopic (exact) mass is 393 g/mol. The molecule has 29 heavy (non-hydrogen) atoms. The van der Waals surface area contributed by atoms with Gasteiger partial charge in [0.25, 0.3) is 0 Å². The first kappa shape index (κ1) is 19.5. The molecule has 2 aliphatic rings. The molecule has 0 saturated carbocycles. The van der Waals surface area contributed by atoms with Gasteiger partial charge in [0.05, 0.1) is 19.2 Å². The Hall–Kier alpha value is -2.86. The van der Waals surface area contributed by atoms with Gasteiger partial charge in [-0.3, -0.25) is 19.4 Å². The number of amides is 2. The lowest BCUT2D eigenvalue weighted by molar-refractivity contribution is -0.142. The molecule has 2 fully saturated rings. The van der Waals surface area contributed by atoms with Crippen LogP contribution in [0.4, 0.5) is 5.69 Å². The Morgan fingerprint density at radius 2 is 1.69 bits per heavy atom. The van der Waals surface area contributed by atoms with Crippen molar-refractivity contribution in [1.82, 2.24) is 9.80 Å². The van der Waals surface area contributed by atoms with E-state index in [4.69, 9.17) is 4.74 Å². The van der Waals surface area contributed by atoms with Crippen LogP contribution < -0.4 is 9.64 Å². The predicted octanol–water partition coefficient (Wildman–Crippen LogP) is 2.49. The highest BCUT2D eigenvalue weighted by atomic mass is 16.5. The van der Waals surface area contributed by atoms with Gasteiger partial charge in [-0.2, -0.15) is 0 Å². The lowest BCUT2D eigenvalue weighted by Crippen LogP contribution is -2.51. The SMILES string of the molecule is COc1cccc(N2CCN(CN3C(=O)CC(C)(c4ccccc4)C3=O)CC2)c1. The second kappa shape index (κ2) is 7.87. The molecule has 2 amide bonds. The quantitative estimate of drug-likeness (QED) is 0.731. The number of anilines is 1. The van der Waals surface area contributed by atoms with Gasteiger partial charge in [0.1, 0.15) is 5.75 Å². The number of hydrogen-bond donors (Lipinski definition) is 0. The van der Waals surface area contributed by atoms with Crippen molar-refractivity contribution in [3.05, 3.63) is 60.2 Å². The maximum absolute atomic E-state index is 13.1. The van der Waals surface area contributed by atoms with E-state index < -0.39 is 5.41 Å². The number of carbonyl (C=O) groups is 2. The minimum Gasteiger partial charge on any atom is -0.497 e. The smallest absolute Gasteiger partial charge is 0.241 e. The maximum atomic E-state index is 13.1. The summed E-state index contributed by atoms with van der Waals surface area (Å²) in [6.45, 7) is 5.54. The highest BCUT2D eigenvalue weighted by molar-refractivity contribution is 6.08. The molecule has 4 rings (SSSR count). The average Bonchev–Trinajstić information content (AvgIpc) is 2.99. The highest BCUT2D eigenvalue weighted by Crippen LogP contribution is 2.36. The standard InChI is InChI=1S/C23H27N3O3/c1-23(18-7-4-3-5-8-18)16-21(27)26(22(23)28)17-24-11-13-25(14-12-24)19-9-6-10-20(15-19)29-2/h3-10,15H,11-14,16-17H2,1-2H3. The molecule has 6 heteroatoms. The van der Waals surface area contributed by atoms with Crippen LogP contribution in [0.5, 0.6) is 5.75 Å². The van der Waals surface area contributed by atoms with Crippen molar-refractivity contribution in [3.8, 4) is 5.75 Å². The molecule has 1 atom stereocenters. The number of rotatable bonds is 5. The van der Waals surface area contributed by atoms with Crippen molar-refractivity contribution in [1.29, 1.82) is 0 Å². The second-order valence-corrected chi connectivity index (χ2v) is 7.95. The summed E-state index contributed by atoms with van der Waals surface area (Å²) < 4.78 is 5.32. The molecular formula is C23H27N3O3. The van der Waals surface area contributed by atoms with Crippen molar-refractivity contribution in [2.45, 2.75) is 18.8 Å². The van der Waals surface area contributed by atoms with Crippen molar-refractivity contribution >= 4 is 17.5 Å². The van der Waals surface area contributed by atoms with Crippen LogP contribution in [-0.2, 0) is 15.0 Å². The maximum Gasteiger partial charge on any atom is 0.241 e. The van der Waals surface area contributed by atoms with Gasteiger partial charge in [-0.1, -0.05) is 36.4 Å². The van der Waals surface area contributed by atoms with Crippen LogP contribution in [0.3, 0.4) is 0 Å². The Morgan fingerprint density at radius 3 is 2.38 bits per heavy atom. The summed E-state index contributed by atoms with van der Waals surface area (Å²) in [6, 6.07) is 17.7. The van der Waals surface area contributed by atoms with Gasteiger partial charge in [-0.15, -0.1) is 0 Å². The third-order valence-electron chi connectivity index (χ3n) is 6.07. The molecule has 1 unspecified atom stereocenters. The molecule has 2 heterocycles.